The van der Waals surface area contributed by atoms with Crippen LogP contribution in [0.2, 0.25) is 0 Å². The van der Waals surface area contributed by atoms with Crippen molar-refractivity contribution in [2.24, 2.45) is 0 Å². The van der Waals surface area contributed by atoms with Crippen molar-refractivity contribution in [3.63, 3.8) is 0 Å². The molecule has 0 spiro atoms. The number of nitrogens with zero attached hydrogens (tertiary/aromatic N) is 4. The van der Waals surface area contributed by atoms with Gasteiger partial charge in [-0.3, -0.25) is 14.4 Å². The molecule has 0 N–H and O–H groups in total. The van der Waals surface area contributed by atoms with Crippen LogP contribution in [-0.2, 0) is 14.4 Å². The van der Waals surface area contributed by atoms with E-state index in [0.29, 0.717) is 39.3 Å². The topological polar surface area (TPSA) is 64.2 Å². The van der Waals surface area contributed by atoms with E-state index in [1.165, 1.54) is 0 Å². The van der Waals surface area contributed by atoms with Crippen LogP contribution in [0.1, 0.15) is 6.92 Å². The van der Waals surface area contributed by atoms with E-state index in [9.17, 15) is 14.4 Å². The van der Waals surface area contributed by atoms with Gasteiger partial charge in [-0.15, -0.1) is 0 Å². The smallest absolute Gasteiger partial charge is 0.312 e. The number of hydrogen-bond acceptors (Lipinski definition) is 4. The van der Waals surface area contributed by atoms with Gasteiger partial charge in [0.05, 0.1) is 0 Å². The average Bonchev–Trinajstić information content (AvgIpc) is 2.53. The Morgan fingerprint density at radius 2 is 1.30 bits per heavy atom. The van der Waals surface area contributed by atoms with Gasteiger partial charge in [-0.1, -0.05) is 6.92 Å². The minimum atomic E-state index is -0.430. The number of piperazine rings is 2. The Labute approximate surface area is 119 Å². The van der Waals surface area contributed by atoms with Crippen LogP contribution in [0.15, 0.2) is 0 Å². The second-order valence-corrected chi connectivity index (χ2v) is 5.16. The molecule has 112 valence electrons. The van der Waals surface area contributed by atoms with Gasteiger partial charge in [0, 0.05) is 52.4 Å². The summed E-state index contributed by atoms with van der Waals surface area (Å²) in [5.74, 6) is -0.833. The van der Waals surface area contributed by atoms with Crippen molar-refractivity contribution >= 4 is 18.2 Å². The van der Waals surface area contributed by atoms with E-state index in [1.807, 2.05) is 0 Å². The summed E-state index contributed by atoms with van der Waals surface area (Å²) in [5, 5.41) is 0. The lowest BCUT2D eigenvalue weighted by molar-refractivity contribution is -0.154. The summed E-state index contributed by atoms with van der Waals surface area (Å²) >= 11 is 0. The van der Waals surface area contributed by atoms with Crippen LogP contribution in [0.5, 0.6) is 0 Å². The Morgan fingerprint density at radius 1 is 0.850 bits per heavy atom. The molecule has 0 aromatic rings. The summed E-state index contributed by atoms with van der Waals surface area (Å²) in [5.41, 5.74) is 0. The Bertz CT molecular complexity index is 372. The summed E-state index contributed by atoms with van der Waals surface area (Å²) < 4.78 is 0. The second kappa shape index (κ2) is 6.69. The van der Waals surface area contributed by atoms with Gasteiger partial charge in [-0.2, -0.15) is 0 Å². The highest BCUT2D eigenvalue weighted by atomic mass is 16.2. The molecule has 2 saturated heterocycles. The van der Waals surface area contributed by atoms with Crippen molar-refractivity contribution in [3.8, 4) is 0 Å². The SMILES string of the molecule is CCN1CCN(C(=O)C(=O)N2CCN(C=O)CC2)CC1. The molecule has 20 heavy (non-hydrogen) atoms. The van der Waals surface area contributed by atoms with E-state index >= 15 is 0 Å². The number of hydrogen-bond donors (Lipinski definition) is 0. The molecule has 7 heteroatoms. The Balaban J connectivity index is 1.83. The largest absolute Gasteiger partial charge is 0.342 e. The first-order chi connectivity index (χ1) is 9.65. The van der Waals surface area contributed by atoms with Gasteiger partial charge in [-0.25, -0.2) is 0 Å². The molecule has 2 aliphatic rings. The van der Waals surface area contributed by atoms with Gasteiger partial charge in [0.15, 0.2) is 0 Å². The zero-order valence-electron chi connectivity index (χ0n) is 12.0. The van der Waals surface area contributed by atoms with Gasteiger partial charge in [0.1, 0.15) is 0 Å². The zero-order chi connectivity index (χ0) is 14.5. The summed E-state index contributed by atoms with van der Waals surface area (Å²) in [6, 6.07) is 0. The standard InChI is InChI=1S/C13H22N4O3/c1-2-14-3-7-16(8-4-14)12(19)13(20)17-9-5-15(11-18)6-10-17/h11H,2-10H2,1H3. The van der Waals surface area contributed by atoms with E-state index in [0.717, 1.165) is 26.0 Å². The number of likely N-dealkylation sites (N-methyl/N-ethyl adjacent to an activating group) is 1. The maximum Gasteiger partial charge on any atom is 0.312 e. The first-order valence-corrected chi connectivity index (χ1v) is 7.15. The maximum absolute atomic E-state index is 12.2. The fourth-order valence-corrected chi connectivity index (χ4v) is 2.57. The molecule has 3 amide bonds. The Kier molecular flexibility index (Phi) is 4.94. The van der Waals surface area contributed by atoms with E-state index in [-0.39, 0.29) is 0 Å². The summed E-state index contributed by atoms with van der Waals surface area (Å²) in [4.78, 5) is 42.0. The lowest BCUT2D eigenvalue weighted by atomic mass is 10.2. The number of amides is 3. The highest BCUT2D eigenvalue weighted by molar-refractivity contribution is 6.34. The number of carbonyl (C=O) groups is 3. The molecule has 2 heterocycles. The van der Waals surface area contributed by atoms with Crippen LogP contribution >= 0.6 is 0 Å². The molecule has 2 aliphatic heterocycles. The predicted molar refractivity (Wildman–Crippen MR) is 72.9 cm³/mol. The van der Waals surface area contributed by atoms with E-state index in [4.69, 9.17) is 0 Å². The van der Waals surface area contributed by atoms with Crippen LogP contribution in [0.25, 0.3) is 0 Å². The number of carbonyl (C=O) groups excluding carboxylic acids is 3. The Hall–Kier alpha value is -1.63. The fraction of sp³-hybridized carbons (Fsp3) is 0.769. The summed E-state index contributed by atoms with van der Waals surface area (Å²) in [6.07, 6.45) is 0.785. The lowest BCUT2D eigenvalue weighted by Gasteiger charge is -2.36. The van der Waals surface area contributed by atoms with Crippen LogP contribution in [0.3, 0.4) is 0 Å². The molecule has 0 aliphatic carbocycles. The van der Waals surface area contributed by atoms with Crippen LogP contribution in [0, 0.1) is 0 Å². The van der Waals surface area contributed by atoms with Crippen LogP contribution < -0.4 is 0 Å². The van der Waals surface area contributed by atoms with E-state index in [2.05, 4.69) is 11.8 Å². The van der Waals surface area contributed by atoms with Crippen LogP contribution in [0.4, 0.5) is 0 Å². The molecule has 0 bridgehead atoms. The fourth-order valence-electron chi connectivity index (χ4n) is 2.57. The van der Waals surface area contributed by atoms with Gasteiger partial charge in [-0.05, 0) is 6.54 Å². The second-order valence-electron chi connectivity index (χ2n) is 5.16. The minimum absolute atomic E-state index is 0.402. The third-order valence-electron chi connectivity index (χ3n) is 4.04. The predicted octanol–water partition coefficient (Wildman–Crippen LogP) is -1.55. The van der Waals surface area contributed by atoms with E-state index in [1.54, 1.807) is 14.7 Å². The lowest BCUT2D eigenvalue weighted by Crippen LogP contribution is -2.56. The molecule has 7 nitrogen and oxygen atoms in total. The first kappa shape index (κ1) is 14.8. The third kappa shape index (κ3) is 3.27. The monoisotopic (exact) mass is 282 g/mol. The van der Waals surface area contributed by atoms with Crippen molar-refractivity contribution in [2.75, 3.05) is 58.9 Å². The molecule has 0 aromatic heterocycles. The first-order valence-electron chi connectivity index (χ1n) is 7.15. The molecule has 2 rings (SSSR count). The normalized spacial score (nSPS) is 20.9. The van der Waals surface area contributed by atoms with Crippen molar-refractivity contribution in [1.29, 1.82) is 0 Å². The number of rotatable bonds is 2. The zero-order valence-corrected chi connectivity index (χ0v) is 12.0. The average molecular weight is 282 g/mol. The molecule has 0 saturated carbocycles. The molecule has 0 radical (unpaired) electrons. The molecule has 0 unspecified atom stereocenters. The van der Waals surface area contributed by atoms with E-state index < -0.39 is 11.8 Å². The highest BCUT2D eigenvalue weighted by Crippen LogP contribution is 2.06. The van der Waals surface area contributed by atoms with Gasteiger partial charge in [0.25, 0.3) is 0 Å². The van der Waals surface area contributed by atoms with Crippen LogP contribution in [-0.4, -0.2) is 96.7 Å². The van der Waals surface area contributed by atoms with Gasteiger partial charge < -0.3 is 19.6 Å². The Morgan fingerprint density at radius 3 is 1.70 bits per heavy atom. The van der Waals surface area contributed by atoms with Crippen molar-refractivity contribution in [3.05, 3.63) is 0 Å². The summed E-state index contributed by atoms with van der Waals surface area (Å²) in [7, 11) is 0. The maximum atomic E-state index is 12.2. The molecule has 2 fully saturated rings. The molecule has 0 atom stereocenters. The highest BCUT2D eigenvalue weighted by Gasteiger charge is 2.30. The summed E-state index contributed by atoms with van der Waals surface area (Å²) in [6.45, 7) is 7.86. The van der Waals surface area contributed by atoms with Crippen molar-refractivity contribution < 1.29 is 14.4 Å². The van der Waals surface area contributed by atoms with Gasteiger partial charge >= 0.3 is 11.8 Å². The molecular formula is C13H22N4O3. The van der Waals surface area contributed by atoms with Gasteiger partial charge in [0.2, 0.25) is 6.41 Å². The van der Waals surface area contributed by atoms with Crippen molar-refractivity contribution in [1.82, 2.24) is 19.6 Å². The molecule has 0 aromatic carbocycles. The quantitative estimate of drug-likeness (QED) is 0.454. The van der Waals surface area contributed by atoms with Crippen molar-refractivity contribution in [2.45, 2.75) is 6.92 Å². The third-order valence-corrected chi connectivity index (χ3v) is 4.04. The molecular weight excluding hydrogens is 260 g/mol. The minimum Gasteiger partial charge on any atom is -0.342 e.